The summed E-state index contributed by atoms with van der Waals surface area (Å²) in [6.07, 6.45) is 1.26. The van der Waals surface area contributed by atoms with E-state index < -0.39 is 6.04 Å². The maximum absolute atomic E-state index is 12.1. The zero-order valence-corrected chi connectivity index (χ0v) is 9.41. The number of amides is 1. The molecule has 0 saturated carbocycles. The van der Waals surface area contributed by atoms with Gasteiger partial charge in [-0.3, -0.25) is 14.9 Å². The number of carbonyl (C=O) groups is 1. The van der Waals surface area contributed by atoms with E-state index in [1.165, 1.54) is 0 Å². The molecular weight excluding hydrogens is 220 g/mol. The van der Waals surface area contributed by atoms with Gasteiger partial charge in [-0.15, -0.1) is 0 Å². The van der Waals surface area contributed by atoms with E-state index in [1.54, 1.807) is 29.2 Å². The monoisotopic (exact) mass is 234 g/mol. The molecule has 0 N–H and O–H groups in total. The normalized spacial score (nSPS) is 20.0. The molecule has 0 aromatic heterocycles. The van der Waals surface area contributed by atoms with Gasteiger partial charge in [0, 0.05) is 23.5 Å². The highest BCUT2D eigenvalue weighted by Gasteiger charge is 2.30. The maximum atomic E-state index is 12.1. The first-order valence-electron chi connectivity index (χ1n) is 5.66. The Kier molecular flexibility index (Phi) is 3.37. The van der Waals surface area contributed by atoms with Crippen LogP contribution in [0.15, 0.2) is 30.3 Å². The zero-order valence-electron chi connectivity index (χ0n) is 9.41. The van der Waals surface area contributed by atoms with Gasteiger partial charge in [-0.2, -0.15) is 0 Å². The molecule has 1 saturated heterocycles. The lowest BCUT2D eigenvalue weighted by Gasteiger charge is -2.28. The fourth-order valence-corrected chi connectivity index (χ4v) is 2.07. The molecule has 5 heteroatoms. The molecule has 1 amide bonds. The second kappa shape index (κ2) is 4.95. The summed E-state index contributed by atoms with van der Waals surface area (Å²) in [5, 5.41) is 10.7. The molecule has 1 aromatic carbocycles. The standard InChI is InChI=1S/C12H14N2O3/c15-12(10-5-2-1-3-6-10)13-8-4-7-11(9-13)14(16)17/h1-3,5-6,11H,4,7-9H2. The SMILES string of the molecule is O=C(c1ccccc1)N1CCCC([N+](=O)[O-])C1. The van der Waals surface area contributed by atoms with E-state index >= 15 is 0 Å². The Morgan fingerprint density at radius 2 is 2.06 bits per heavy atom. The molecule has 5 nitrogen and oxygen atoms in total. The molecule has 2 rings (SSSR count). The molecule has 0 spiro atoms. The van der Waals surface area contributed by atoms with E-state index in [4.69, 9.17) is 0 Å². The Hall–Kier alpha value is -1.91. The van der Waals surface area contributed by atoms with Crippen molar-refractivity contribution in [2.75, 3.05) is 13.1 Å². The lowest BCUT2D eigenvalue weighted by molar-refractivity contribution is -0.525. The molecule has 90 valence electrons. The third-order valence-corrected chi connectivity index (χ3v) is 3.00. The lowest BCUT2D eigenvalue weighted by Crippen LogP contribution is -2.45. The predicted octanol–water partition coefficient (Wildman–Crippen LogP) is 1.57. The molecule has 1 atom stereocenters. The number of nitro groups is 1. The molecular formula is C12H14N2O3. The minimum absolute atomic E-state index is 0.114. The Labute approximate surface area is 99.2 Å². The quantitative estimate of drug-likeness (QED) is 0.576. The van der Waals surface area contributed by atoms with Crippen molar-refractivity contribution >= 4 is 5.91 Å². The maximum Gasteiger partial charge on any atom is 0.254 e. The van der Waals surface area contributed by atoms with Gasteiger partial charge < -0.3 is 4.90 Å². The fraction of sp³-hybridized carbons (Fsp3) is 0.417. The number of hydrogen-bond acceptors (Lipinski definition) is 3. The van der Waals surface area contributed by atoms with Crippen LogP contribution >= 0.6 is 0 Å². The third kappa shape index (κ3) is 2.61. The van der Waals surface area contributed by atoms with Gasteiger partial charge >= 0.3 is 0 Å². The predicted molar refractivity (Wildman–Crippen MR) is 62.4 cm³/mol. The first kappa shape index (κ1) is 11.6. The van der Waals surface area contributed by atoms with Crippen LogP contribution in [0.3, 0.4) is 0 Å². The zero-order chi connectivity index (χ0) is 12.3. The van der Waals surface area contributed by atoms with Crippen molar-refractivity contribution in [3.63, 3.8) is 0 Å². The van der Waals surface area contributed by atoms with Crippen molar-refractivity contribution in [1.82, 2.24) is 4.90 Å². The second-order valence-corrected chi connectivity index (χ2v) is 4.20. The van der Waals surface area contributed by atoms with Gasteiger partial charge in [0.25, 0.3) is 5.91 Å². The third-order valence-electron chi connectivity index (χ3n) is 3.00. The van der Waals surface area contributed by atoms with Crippen molar-refractivity contribution in [2.24, 2.45) is 0 Å². The van der Waals surface area contributed by atoms with E-state index in [2.05, 4.69) is 0 Å². The van der Waals surface area contributed by atoms with E-state index in [9.17, 15) is 14.9 Å². The molecule has 1 aliphatic rings. The van der Waals surface area contributed by atoms with Gasteiger partial charge in [-0.25, -0.2) is 0 Å². The van der Waals surface area contributed by atoms with Gasteiger partial charge in [0.2, 0.25) is 6.04 Å². The number of rotatable bonds is 2. The Balaban J connectivity index is 2.07. The van der Waals surface area contributed by atoms with Gasteiger partial charge in [-0.1, -0.05) is 18.2 Å². The molecule has 0 bridgehead atoms. The molecule has 1 heterocycles. The molecule has 17 heavy (non-hydrogen) atoms. The summed E-state index contributed by atoms with van der Waals surface area (Å²) in [6, 6.07) is 8.28. The highest BCUT2D eigenvalue weighted by Crippen LogP contribution is 2.15. The fourth-order valence-electron chi connectivity index (χ4n) is 2.07. The Morgan fingerprint density at radius 1 is 1.35 bits per heavy atom. The van der Waals surface area contributed by atoms with E-state index in [-0.39, 0.29) is 17.4 Å². The summed E-state index contributed by atoms with van der Waals surface area (Å²) in [5.41, 5.74) is 0.594. The first-order chi connectivity index (χ1) is 8.18. The molecule has 1 unspecified atom stereocenters. The summed E-state index contributed by atoms with van der Waals surface area (Å²) in [5.74, 6) is -0.114. The van der Waals surface area contributed by atoms with Crippen molar-refractivity contribution in [1.29, 1.82) is 0 Å². The molecule has 0 radical (unpaired) electrons. The van der Waals surface area contributed by atoms with Crippen molar-refractivity contribution in [2.45, 2.75) is 18.9 Å². The summed E-state index contributed by atoms with van der Waals surface area (Å²) < 4.78 is 0. The number of nitrogens with zero attached hydrogens (tertiary/aromatic N) is 2. The van der Waals surface area contributed by atoms with Crippen molar-refractivity contribution < 1.29 is 9.72 Å². The number of likely N-dealkylation sites (tertiary alicyclic amines) is 1. The minimum Gasteiger partial charge on any atom is -0.332 e. The summed E-state index contributed by atoms with van der Waals surface area (Å²) in [6.45, 7) is 0.832. The van der Waals surface area contributed by atoms with Crippen molar-refractivity contribution in [3.05, 3.63) is 46.0 Å². The first-order valence-corrected chi connectivity index (χ1v) is 5.66. The van der Waals surface area contributed by atoms with Crippen LogP contribution in [-0.4, -0.2) is 34.9 Å². The van der Waals surface area contributed by atoms with Crippen LogP contribution in [0.2, 0.25) is 0 Å². The Morgan fingerprint density at radius 3 is 2.71 bits per heavy atom. The average Bonchev–Trinajstić information content (AvgIpc) is 2.39. The summed E-state index contributed by atoms with van der Waals surface area (Å²) in [7, 11) is 0. The molecule has 1 aliphatic heterocycles. The van der Waals surface area contributed by atoms with E-state index in [0.717, 1.165) is 0 Å². The van der Waals surface area contributed by atoms with Gasteiger partial charge in [0.05, 0.1) is 6.54 Å². The number of benzene rings is 1. The van der Waals surface area contributed by atoms with Crippen LogP contribution < -0.4 is 0 Å². The van der Waals surface area contributed by atoms with Crippen LogP contribution in [0.1, 0.15) is 23.2 Å². The lowest BCUT2D eigenvalue weighted by atomic mass is 10.1. The number of hydrogen-bond donors (Lipinski definition) is 0. The van der Waals surface area contributed by atoms with Gasteiger partial charge in [0.1, 0.15) is 0 Å². The highest BCUT2D eigenvalue weighted by molar-refractivity contribution is 5.94. The average molecular weight is 234 g/mol. The number of piperidine rings is 1. The van der Waals surface area contributed by atoms with Crippen LogP contribution in [0.5, 0.6) is 0 Å². The number of carbonyl (C=O) groups excluding carboxylic acids is 1. The van der Waals surface area contributed by atoms with Crippen LogP contribution in [0, 0.1) is 10.1 Å². The van der Waals surface area contributed by atoms with E-state index in [1.807, 2.05) is 6.07 Å². The Bertz CT molecular complexity index is 419. The van der Waals surface area contributed by atoms with Gasteiger partial charge in [-0.05, 0) is 18.6 Å². The molecule has 1 fully saturated rings. The summed E-state index contributed by atoms with van der Waals surface area (Å²) in [4.78, 5) is 24.1. The van der Waals surface area contributed by atoms with Crippen LogP contribution in [0.25, 0.3) is 0 Å². The largest absolute Gasteiger partial charge is 0.332 e. The van der Waals surface area contributed by atoms with Crippen LogP contribution in [0.4, 0.5) is 0 Å². The minimum atomic E-state index is -0.614. The molecule has 0 aliphatic carbocycles. The topological polar surface area (TPSA) is 63.5 Å². The smallest absolute Gasteiger partial charge is 0.254 e. The summed E-state index contributed by atoms with van der Waals surface area (Å²) >= 11 is 0. The van der Waals surface area contributed by atoms with Crippen LogP contribution in [-0.2, 0) is 0 Å². The highest BCUT2D eigenvalue weighted by atomic mass is 16.6. The second-order valence-electron chi connectivity index (χ2n) is 4.20. The van der Waals surface area contributed by atoms with E-state index in [0.29, 0.717) is 24.9 Å². The molecule has 1 aromatic rings. The van der Waals surface area contributed by atoms with Crippen molar-refractivity contribution in [3.8, 4) is 0 Å². The van der Waals surface area contributed by atoms with Gasteiger partial charge in [0.15, 0.2) is 0 Å².